The minimum absolute atomic E-state index is 0.166. The third-order valence-corrected chi connectivity index (χ3v) is 4.00. The number of fused-ring (bicyclic) bond motifs is 1. The average molecular weight is 393 g/mol. The second kappa shape index (κ2) is 7.76. The summed E-state index contributed by atoms with van der Waals surface area (Å²) in [6.45, 7) is 3.46. The van der Waals surface area contributed by atoms with Gasteiger partial charge in [0.15, 0.2) is 29.9 Å². The summed E-state index contributed by atoms with van der Waals surface area (Å²) in [5.74, 6) is -1.59. The molecular weight excluding hydrogens is 374 g/mol. The van der Waals surface area contributed by atoms with Gasteiger partial charge in [0.2, 0.25) is 0 Å². The van der Waals surface area contributed by atoms with Crippen molar-refractivity contribution >= 4 is 34.9 Å². The Balaban J connectivity index is 2.01. The van der Waals surface area contributed by atoms with Crippen LogP contribution in [0.4, 0.5) is 5.82 Å². The van der Waals surface area contributed by atoms with Crippen molar-refractivity contribution in [2.24, 2.45) is 0 Å². The molecule has 1 aliphatic rings. The number of anilines is 1. The van der Waals surface area contributed by atoms with Crippen molar-refractivity contribution in [1.29, 1.82) is 0 Å². The zero-order chi connectivity index (χ0) is 20.4. The van der Waals surface area contributed by atoms with Crippen LogP contribution >= 0.6 is 0 Å². The summed E-state index contributed by atoms with van der Waals surface area (Å²) >= 11 is 0. The molecule has 3 rings (SSSR count). The monoisotopic (exact) mass is 393 g/mol. The molecule has 0 aliphatic carbocycles. The third-order valence-electron chi connectivity index (χ3n) is 4.00. The lowest BCUT2D eigenvalue weighted by Crippen LogP contribution is -2.40. The van der Waals surface area contributed by atoms with Crippen LogP contribution in [0.3, 0.4) is 0 Å². The molecule has 12 nitrogen and oxygen atoms in total. The SMILES string of the molecule is CC(=O)OC[C@H]1O[C@@H](n2cnc3c(N)ncnc32)C(OC(C)=O)[C@H]1OC(C)=O. The Hall–Kier alpha value is -3.28. The van der Waals surface area contributed by atoms with Gasteiger partial charge in [-0.1, -0.05) is 0 Å². The fraction of sp³-hybridized carbons (Fsp3) is 0.500. The summed E-state index contributed by atoms with van der Waals surface area (Å²) in [6, 6.07) is 0. The second-order valence-electron chi connectivity index (χ2n) is 6.10. The topological polar surface area (TPSA) is 158 Å². The van der Waals surface area contributed by atoms with Crippen molar-refractivity contribution in [2.75, 3.05) is 12.3 Å². The molecule has 2 aromatic rings. The van der Waals surface area contributed by atoms with Crippen LogP contribution in [0.1, 0.15) is 27.0 Å². The van der Waals surface area contributed by atoms with E-state index in [0.717, 1.165) is 0 Å². The van der Waals surface area contributed by atoms with Crippen LogP contribution in [0.25, 0.3) is 11.2 Å². The highest BCUT2D eigenvalue weighted by molar-refractivity contribution is 5.81. The summed E-state index contributed by atoms with van der Waals surface area (Å²) < 4.78 is 23.1. The maximum Gasteiger partial charge on any atom is 0.303 e. The Kier molecular flexibility index (Phi) is 5.40. The van der Waals surface area contributed by atoms with Crippen molar-refractivity contribution in [1.82, 2.24) is 19.5 Å². The molecule has 0 aromatic carbocycles. The molecule has 3 heterocycles. The molecule has 0 amide bonds. The van der Waals surface area contributed by atoms with Crippen molar-refractivity contribution < 1.29 is 33.3 Å². The van der Waals surface area contributed by atoms with Gasteiger partial charge in [0, 0.05) is 20.8 Å². The number of imidazole rings is 1. The molecule has 1 saturated heterocycles. The molecular formula is C16H19N5O7. The number of hydrogen-bond donors (Lipinski definition) is 1. The Morgan fingerprint density at radius 1 is 1.07 bits per heavy atom. The van der Waals surface area contributed by atoms with E-state index < -0.39 is 42.4 Å². The highest BCUT2D eigenvalue weighted by atomic mass is 16.7. The summed E-state index contributed by atoms with van der Waals surface area (Å²) in [4.78, 5) is 46.6. The summed E-state index contributed by atoms with van der Waals surface area (Å²) in [5.41, 5.74) is 6.48. The molecule has 4 atom stereocenters. The molecule has 0 spiro atoms. The first-order chi connectivity index (χ1) is 13.3. The molecule has 2 aromatic heterocycles. The number of carbonyl (C=O) groups is 3. The molecule has 0 radical (unpaired) electrons. The van der Waals surface area contributed by atoms with Crippen LogP contribution in [-0.2, 0) is 33.3 Å². The average Bonchev–Trinajstić information content (AvgIpc) is 3.16. The summed E-state index contributed by atoms with van der Waals surface area (Å²) in [5, 5.41) is 0. The van der Waals surface area contributed by atoms with Gasteiger partial charge in [-0.25, -0.2) is 15.0 Å². The summed E-state index contributed by atoms with van der Waals surface area (Å²) in [6.07, 6.45) is -1.22. The number of aromatic nitrogens is 4. The summed E-state index contributed by atoms with van der Waals surface area (Å²) in [7, 11) is 0. The molecule has 0 bridgehead atoms. The Morgan fingerprint density at radius 2 is 1.75 bits per heavy atom. The molecule has 1 unspecified atom stereocenters. The fourth-order valence-corrected chi connectivity index (χ4v) is 2.97. The quantitative estimate of drug-likeness (QED) is 0.526. The lowest BCUT2D eigenvalue weighted by molar-refractivity contribution is -0.166. The van der Waals surface area contributed by atoms with Crippen molar-refractivity contribution in [3.05, 3.63) is 12.7 Å². The molecule has 1 aliphatic heterocycles. The van der Waals surface area contributed by atoms with Crippen LogP contribution in [0.2, 0.25) is 0 Å². The van der Waals surface area contributed by atoms with E-state index in [9.17, 15) is 14.4 Å². The van der Waals surface area contributed by atoms with Gasteiger partial charge >= 0.3 is 17.9 Å². The molecule has 1 fully saturated rings. The van der Waals surface area contributed by atoms with Gasteiger partial charge in [-0.05, 0) is 0 Å². The van der Waals surface area contributed by atoms with Crippen LogP contribution < -0.4 is 5.73 Å². The predicted octanol–water partition coefficient (Wildman–Crippen LogP) is -0.268. The van der Waals surface area contributed by atoms with Crippen molar-refractivity contribution in [2.45, 2.75) is 45.3 Å². The Morgan fingerprint density at radius 3 is 2.39 bits per heavy atom. The normalized spacial score (nSPS) is 24.1. The molecule has 0 saturated carbocycles. The van der Waals surface area contributed by atoms with E-state index in [-0.39, 0.29) is 12.4 Å². The van der Waals surface area contributed by atoms with Gasteiger partial charge in [-0.3, -0.25) is 19.0 Å². The first-order valence-corrected chi connectivity index (χ1v) is 8.34. The molecule has 12 heteroatoms. The highest BCUT2D eigenvalue weighted by Crippen LogP contribution is 2.36. The Labute approximate surface area is 158 Å². The number of ether oxygens (including phenoxy) is 4. The van der Waals surface area contributed by atoms with Crippen LogP contribution in [0.15, 0.2) is 12.7 Å². The lowest BCUT2D eigenvalue weighted by Gasteiger charge is -2.23. The number of esters is 3. The maximum absolute atomic E-state index is 11.7. The predicted molar refractivity (Wildman–Crippen MR) is 91.4 cm³/mol. The van der Waals surface area contributed by atoms with Gasteiger partial charge in [-0.2, -0.15) is 0 Å². The van der Waals surface area contributed by atoms with Gasteiger partial charge < -0.3 is 24.7 Å². The Bertz CT molecular complexity index is 914. The van der Waals surface area contributed by atoms with E-state index >= 15 is 0 Å². The standard InChI is InChI=1S/C16H19N5O7/c1-7(22)25-4-10-12(26-8(2)23)13(27-9(3)24)16(28-10)21-6-20-11-14(17)18-5-19-15(11)21/h5-6,10,12-13,16H,4H2,1-3H3,(H2,17,18,19)/t10-,12+,13?,16-/m1/s1. The fourth-order valence-electron chi connectivity index (χ4n) is 2.97. The first-order valence-electron chi connectivity index (χ1n) is 8.34. The van der Waals surface area contributed by atoms with Crippen LogP contribution in [0, 0.1) is 0 Å². The molecule has 28 heavy (non-hydrogen) atoms. The number of carbonyl (C=O) groups excluding carboxylic acids is 3. The van der Waals surface area contributed by atoms with E-state index in [0.29, 0.717) is 11.2 Å². The largest absolute Gasteiger partial charge is 0.463 e. The van der Waals surface area contributed by atoms with Crippen molar-refractivity contribution in [3.63, 3.8) is 0 Å². The zero-order valence-electron chi connectivity index (χ0n) is 15.4. The second-order valence-corrected chi connectivity index (χ2v) is 6.10. The van der Waals surface area contributed by atoms with E-state index in [4.69, 9.17) is 24.7 Å². The van der Waals surface area contributed by atoms with E-state index in [1.807, 2.05) is 0 Å². The molecule has 2 N–H and O–H groups in total. The smallest absolute Gasteiger partial charge is 0.303 e. The zero-order valence-corrected chi connectivity index (χ0v) is 15.4. The van der Waals surface area contributed by atoms with Gasteiger partial charge in [0.1, 0.15) is 24.6 Å². The van der Waals surface area contributed by atoms with Crippen molar-refractivity contribution in [3.8, 4) is 0 Å². The number of nitrogens with zero attached hydrogens (tertiary/aromatic N) is 4. The number of hydrogen-bond acceptors (Lipinski definition) is 11. The van der Waals surface area contributed by atoms with E-state index in [2.05, 4.69) is 15.0 Å². The van der Waals surface area contributed by atoms with Gasteiger partial charge in [0.05, 0.1) is 6.33 Å². The number of rotatable bonds is 5. The van der Waals surface area contributed by atoms with Gasteiger partial charge in [0.25, 0.3) is 0 Å². The third kappa shape index (κ3) is 3.86. The van der Waals surface area contributed by atoms with Crippen LogP contribution in [-0.4, -0.2) is 62.3 Å². The minimum Gasteiger partial charge on any atom is -0.463 e. The van der Waals surface area contributed by atoms with E-state index in [1.54, 1.807) is 0 Å². The van der Waals surface area contributed by atoms with Gasteiger partial charge in [-0.15, -0.1) is 0 Å². The maximum atomic E-state index is 11.7. The van der Waals surface area contributed by atoms with Crippen LogP contribution in [0.5, 0.6) is 0 Å². The first kappa shape index (κ1) is 19.5. The highest BCUT2D eigenvalue weighted by Gasteiger charge is 2.51. The minimum atomic E-state index is -1.03. The lowest BCUT2D eigenvalue weighted by atomic mass is 10.1. The number of nitrogen functional groups attached to an aromatic ring is 1. The van der Waals surface area contributed by atoms with E-state index in [1.165, 1.54) is 38.0 Å². The number of nitrogens with two attached hydrogens (primary N) is 1. The molecule has 150 valence electrons.